The van der Waals surface area contributed by atoms with E-state index in [2.05, 4.69) is 4.98 Å². The summed E-state index contributed by atoms with van der Waals surface area (Å²) in [5, 5.41) is 19.1. The smallest absolute Gasteiger partial charge is 0.307 e. The molecule has 98 valence electrons. The average molecular weight is 250 g/mol. The van der Waals surface area contributed by atoms with E-state index < -0.39 is 12.1 Å². The second-order valence-corrected chi connectivity index (χ2v) is 4.74. The van der Waals surface area contributed by atoms with E-state index in [9.17, 15) is 9.90 Å². The molecule has 0 spiro atoms. The number of piperidine rings is 1. The van der Waals surface area contributed by atoms with E-state index in [0.29, 0.717) is 13.1 Å². The van der Waals surface area contributed by atoms with Gasteiger partial charge in [0.2, 0.25) is 0 Å². The highest BCUT2D eigenvalue weighted by Gasteiger charge is 2.26. The molecule has 2 heterocycles. The number of aromatic nitrogens is 1. The van der Waals surface area contributed by atoms with Gasteiger partial charge in [0.25, 0.3) is 0 Å². The highest BCUT2D eigenvalue weighted by atomic mass is 16.4. The molecule has 2 rings (SSSR count). The number of hydrogen-bond acceptors (Lipinski definition) is 4. The lowest BCUT2D eigenvalue weighted by Crippen LogP contribution is -2.40. The maximum Gasteiger partial charge on any atom is 0.307 e. The van der Waals surface area contributed by atoms with Crippen LogP contribution in [-0.4, -0.2) is 45.7 Å². The van der Waals surface area contributed by atoms with Gasteiger partial charge in [0.05, 0.1) is 12.0 Å². The van der Waals surface area contributed by atoms with Gasteiger partial charge in [0.1, 0.15) is 0 Å². The number of rotatable bonds is 4. The third kappa shape index (κ3) is 3.27. The van der Waals surface area contributed by atoms with Crippen LogP contribution in [0.3, 0.4) is 0 Å². The maximum atomic E-state index is 11.0. The Morgan fingerprint density at radius 3 is 3.11 bits per heavy atom. The van der Waals surface area contributed by atoms with Gasteiger partial charge in [-0.3, -0.25) is 14.7 Å². The van der Waals surface area contributed by atoms with Crippen LogP contribution in [0.2, 0.25) is 0 Å². The summed E-state index contributed by atoms with van der Waals surface area (Å²) in [6, 6.07) is 3.62. The molecule has 5 heteroatoms. The molecule has 0 aliphatic carbocycles. The zero-order chi connectivity index (χ0) is 13.0. The number of β-amino-alcohol motifs (C(OH)–C–C–N with tert-alkyl or cyclic N) is 1. The van der Waals surface area contributed by atoms with Crippen LogP contribution in [0.5, 0.6) is 0 Å². The zero-order valence-electron chi connectivity index (χ0n) is 10.2. The summed E-state index contributed by atoms with van der Waals surface area (Å²) < 4.78 is 0. The van der Waals surface area contributed by atoms with Crippen LogP contribution in [0.4, 0.5) is 0 Å². The molecule has 1 fully saturated rings. The normalized spacial score (nSPS) is 22.6. The Bertz CT molecular complexity index is 396. The first-order valence-corrected chi connectivity index (χ1v) is 6.20. The van der Waals surface area contributed by atoms with E-state index in [1.54, 1.807) is 18.5 Å². The molecule has 1 aromatic rings. The van der Waals surface area contributed by atoms with Crippen LogP contribution in [0, 0.1) is 5.92 Å². The molecule has 1 aromatic heterocycles. The molecule has 1 aliphatic rings. The molecule has 5 nitrogen and oxygen atoms in total. The van der Waals surface area contributed by atoms with Crippen molar-refractivity contribution >= 4 is 5.97 Å². The Labute approximate surface area is 106 Å². The summed E-state index contributed by atoms with van der Waals surface area (Å²) in [4.78, 5) is 16.9. The summed E-state index contributed by atoms with van der Waals surface area (Å²) in [7, 11) is 0. The Hall–Kier alpha value is -1.46. The predicted molar refractivity (Wildman–Crippen MR) is 66.0 cm³/mol. The monoisotopic (exact) mass is 250 g/mol. The molecule has 1 aliphatic heterocycles. The lowest BCUT2D eigenvalue weighted by atomic mass is 9.97. The summed E-state index contributed by atoms with van der Waals surface area (Å²) in [5.74, 6) is -1.05. The average Bonchev–Trinajstić information content (AvgIpc) is 2.40. The number of carboxylic acids is 1. The number of hydrogen-bond donors (Lipinski definition) is 2. The van der Waals surface area contributed by atoms with Crippen molar-refractivity contribution in [1.29, 1.82) is 0 Å². The minimum absolute atomic E-state index is 0.306. The van der Waals surface area contributed by atoms with Crippen molar-refractivity contribution in [1.82, 2.24) is 9.88 Å². The third-order valence-corrected chi connectivity index (χ3v) is 3.36. The predicted octanol–water partition coefficient (Wildman–Crippen LogP) is 0.912. The van der Waals surface area contributed by atoms with Gasteiger partial charge >= 0.3 is 5.97 Å². The van der Waals surface area contributed by atoms with Crippen LogP contribution in [-0.2, 0) is 4.79 Å². The molecule has 2 atom stereocenters. The molecule has 0 aromatic carbocycles. The van der Waals surface area contributed by atoms with Crippen molar-refractivity contribution in [3.05, 3.63) is 30.1 Å². The van der Waals surface area contributed by atoms with E-state index in [1.807, 2.05) is 11.0 Å². The van der Waals surface area contributed by atoms with Gasteiger partial charge in [-0.2, -0.15) is 0 Å². The zero-order valence-corrected chi connectivity index (χ0v) is 10.2. The number of carbonyl (C=O) groups is 1. The Kier molecular flexibility index (Phi) is 4.28. The summed E-state index contributed by atoms with van der Waals surface area (Å²) in [6.45, 7) is 1.84. The van der Waals surface area contributed by atoms with E-state index in [-0.39, 0.29) is 5.92 Å². The van der Waals surface area contributed by atoms with Crippen molar-refractivity contribution in [3.63, 3.8) is 0 Å². The fraction of sp³-hybridized carbons (Fsp3) is 0.538. The van der Waals surface area contributed by atoms with E-state index in [1.165, 1.54) is 0 Å². The van der Waals surface area contributed by atoms with Crippen molar-refractivity contribution in [2.45, 2.75) is 18.9 Å². The molecule has 1 saturated heterocycles. The van der Waals surface area contributed by atoms with Crippen LogP contribution < -0.4 is 0 Å². The molecule has 2 unspecified atom stereocenters. The first-order valence-electron chi connectivity index (χ1n) is 6.20. The molecule has 0 amide bonds. The lowest BCUT2D eigenvalue weighted by molar-refractivity contribution is -0.143. The number of aliphatic hydroxyl groups excluding tert-OH is 1. The maximum absolute atomic E-state index is 11.0. The minimum Gasteiger partial charge on any atom is -0.481 e. The van der Waals surface area contributed by atoms with Crippen molar-refractivity contribution in [2.24, 2.45) is 5.92 Å². The first-order chi connectivity index (χ1) is 8.66. The fourth-order valence-corrected chi connectivity index (χ4v) is 2.35. The SMILES string of the molecule is O=C(O)C1CCCN(CC(O)c2cccnc2)C1. The van der Waals surface area contributed by atoms with Crippen LogP contribution in [0.25, 0.3) is 0 Å². The number of carboxylic acid groups (broad SMARTS) is 1. The lowest BCUT2D eigenvalue weighted by Gasteiger charge is -2.32. The quantitative estimate of drug-likeness (QED) is 0.831. The van der Waals surface area contributed by atoms with Crippen LogP contribution in [0.1, 0.15) is 24.5 Å². The number of likely N-dealkylation sites (tertiary alicyclic amines) is 1. The van der Waals surface area contributed by atoms with Crippen molar-refractivity contribution in [2.75, 3.05) is 19.6 Å². The Balaban J connectivity index is 1.91. The highest BCUT2D eigenvalue weighted by Crippen LogP contribution is 2.20. The number of pyridine rings is 1. The number of aliphatic hydroxyl groups is 1. The summed E-state index contributed by atoms with van der Waals surface area (Å²) in [6.07, 6.45) is 4.30. The van der Waals surface area contributed by atoms with Gasteiger partial charge in [-0.25, -0.2) is 0 Å². The first kappa shape index (κ1) is 13.0. The van der Waals surface area contributed by atoms with Crippen molar-refractivity contribution < 1.29 is 15.0 Å². The minimum atomic E-state index is -0.740. The number of aliphatic carboxylic acids is 1. The highest BCUT2D eigenvalue weighted by molar-refractivity contribution is 5.70. The molecule has 2 N–H and O–H groups in total. The summed E-state index contributed by atoms with van der Waals surface area (Å²) >= 11 is 0. The Morgan fingerprint density at radius 1 is 1.61 bits per heavy atom. The third-order valence-electron chi connectivity index (χ3n) is 3.36. The second kappa shape index (κ2) is 5.93. The van der Waals surface area contributed by atoms with Gasteiger partial charge in [-0.15, -0.1) is 0 Å². The van der Waals surface area contributed by atoms with Crippen molar-refractivity contribution in [3.8, 4) is 0 Å². The topological polar surface area (TPSA) is 73.7 Å². The number of nitrogens with zero attached hydrogens (tertiary/aromatic N) is 2. The largest absolute Gasteiger partial charge is 0.481 e. The molecular weight excluding hydrogens is 232 g/mol. The fourth-order valence-electron chi connectivity index (χ4n) is 2.35. The Morgan fingerprint density at radius 2 is 2.44 bits per heavy atom. The van der Waals surface area contributed by atoms with Crippen LogP contribution >= 0.6 is 0 Å². The molecule has 0 saturated carbocycles. The molecule has 0 bridgehead atoms. The standard InChI is InChI=1S/C13H18N2O3/c16-12(10-3-1-5-14-7-10)9-15-6-2-4-11(8-15)13(17)18/h1,3,5,7,11-12,16H,2,4,6,8-9H2,(H,17,18). The van der Waals surface area contributed by atoms with E-state index in [0.717, 1.165) is 24.9 Å². The van der Waals surface area contributed by atoms with Gasteiger partial charge in [-0.1, -0.05) is 6.07 Å². The van der Waals surface area contributed by atoms with E-state index in [4.69, 9.17) is 5.11 Å². The van der Waals surface area contributed by atoms with Gasteiger partial charge in [0, 0.05) is 31.0 Å². The van der Waals surface area contributed by atoms with Gasteiger partial charge in [0.15, 0.2) is 0 Å². The van der Waals surface area contributed by atoms with Gasteiger partial charge < -0.3 is 10.2 Å². The summed E-state index contributed by atoms with van der Waals surface area (Å²) in [5.41, 5.74) is 0.773. The second-order valence-electron chi connectivity index (χ2n) is 4.74. The molecule has 18 heavy (non-hydrogen) atoms. The van der Waals surface area contributed by atoms with Gasteiger partial charge in [-0.05, 0) is 25.5 Å². The molecular formula is C13H18N2O3. The molecule has 0 radical (unpaired) electrons. The van der Waals surface area contributed by atoms with Crippen LogP contribution in [0.15, 0.2) is 24.5 Å². The van der Waals surface area contributed by atoms with E-state index >= 15 is 0 Å².